The average molecular weight is 335 g/mol. The van der Waals surface area contributed by atoms with Crippen molar-refractivity contribution < 1.29 is 0 Å². The number of nitrogens with two attached hydrogens (primary N) is 1. The summed E-state index contributed by atoms with van der Waals surface area (Å²) in [6, 6.07) is 10.4. The lowest BCUT2D eigenvalue weighted by Gasteiger charge is -2.10. The number of nitrogens with zero attached hydrogens (tertiary/aromatic N) is 4. The summed E-state index contributed by atoms with van der Waals surface area (Å²) in [7, 11) is 0. The van der Waals surface area contributed by atoms with Crippen LogP contribution in [0.5, 0.6) is 0 Å². The first kappa shape index (κ1) is 17.1. The maximum absolute atomic E-state index is 5.96. The molecule has 0 saturated carbocycles. The Labute approximate surface area is 148 Å². The van der Waals surface area contributed by atoms with Gasteiger partial charge in [0.05, 0.1) is 11.4 Å². The fourth-order valence-corrected chi connectivity index (χ4v) is 3.12. The lowest BCUT2D eigenvalue weighted by molar-refractivity contribution is 0.559. The van der Waals surface area contributed by atoms with Crippen LogP contribution in [0.25, 0.3) is 11.3 Å². The molecule has 3 rings (SSSR count). The highest BCUT2D eigenvalue weighted by atomic mass is 15.3. The van der Waals surface area contributed by atoms with Crippen molar-refractivity contribution in [3.05, 3.63) is 58.5 Å². The van der Waals surface area contributed by atoms with Crippen LogP contribution in [0.2, 0.25) is 0 Å². The van der Waals surface area contributed by atoms with Gasteiger partial charge in [-0.25, -0.2) is 9.97 Å². The summed E-state index contributed by atoms with van der Waals surface area (Å²) in [6.07, 6.45) is 1.81. The van der Waals surface area contributed by atoms with Crippen LogP contribution in [-0.4, -0.2) is 19.7 Å². The lowest BCUT2D eigenvalue weighted by atomic mass is 10.00. The Balaban J connectivity index is 1.78. The number of nitrogen functional groups attached to an aromatic ring is 1. The van der Waals surface area contributed by atoms with Crippen LogP contribution in [0.15, 0.2) is 30.3 Å². The number of rotatable bonds is 5. The van der Waals surface area contributed by atoms with Gasteiger partial charge < -0.3 is 5.73 Å². The molecule has 0 saturated heterocycles. The van der Waals surface area contributed by atoms with E-state index in [4.69, 9.17) is 5.73 Å². The predicted molar refractivity (Wildman–Crippen MR) is 101 cm³/mol. The minimum absolute atomic E-state index is 0.333. The van der Waals surface area contributed by atoms with Gasteiger partial charge in [0.2, 0.25) is 5.95 Å². The molecule has 5 heteroatoms. The zero-order valence-electron chi connectivity index (χ0n) is 15.4. The number of aryl methyl sites for hydroxylation is 5. The van der Waals surface area contributed by atoms with Gasteiger partial charge in [-0.05, 0) is 63.8 Å². The molecule has 2 N–H and O–H groups in total. The van der Waals surface area contributed by atoms with Crippen molar-refractivity contribution in [2.24, 2.45) is 0 Å². The normalized spacial score (nSPS) is 11.0. The number of anilines is 1. The van der Waals surface area contributed by atoms with Crippen LogP contribution in [0.4, 0.5) is 5.95 Å². The molecule has 0 spiro atoms. The summed E-state index contributed by atoms with van der Waals surface area (Å²) in [5, 5.41) is 4.50. The molecule has 2 aromatic heterocycles. The fourth-order valence-electron chi connectivity index (χ4n) is 3.12. The van der Waals surface area contributed by atoms with E-state index in [0.717, 1.165) is 42.0 Å². The maximum atomic E-state index is 5.96. The zero-order valence-corrected chi connectivity index (χ0v) is 15.4. The van der Waals surface area contributed by atoms with E-state index < -0.39 is 0 Å². The second-order valence-electron chi connectivity index (χ2n) is 6.60. The van der Waals surface area contributed by atoms with Gasteiger partial charge in [-0.2, -0.15) is 5.10 Å². The topological polar surface area (TPSA) is 69.6 Å². The van der Waals surface area contributed by atoms with E-state index in [0.29, 0.717) is 5.95 Å². The largest absolute Gasteiger partial charge is 0.368 e. The van der Waals surface area contributed by atoms with Crippen LogP contribution in [0.3, 0.4) is 0 Å². The quantitative estimate of drug-likeness (QED) is 0.770. The highest BCUT2D eigenvalue weighted by molar-refractivity contribution is 5.66. The van der Waals surface area contributed by atoms with E-state index in [1.807, 2.05) is 11.6 Å². The first-order valence-electron chi connectivity index (χ1n) is 8.65. The Morgan fingerprint density at radius 2 is 1.84 bits per heavy atom. The number of benzene rings is 1. The van der Waals surface area contributed by atoms with Crippen molar-refractivity contribution in [2.45, 2.75) is 47.1 Å². The smallest absolute Gasteiger partial charge is 0.220 e. The monoisotopic (exact) mass is 335 g/mol. The summed E-state index contributed by atoms with van der Waals surface area (Å²) in [6.45, 7) is 9.21. The molecule has 1 aromatic carbocycles. The highest BCUT2D eigenvalue weighted by Gasteiger charge is 2.09. The van der Waals surface area contributed by atoms with E-state index in [9.17, 15) is 0 Å². The second-order valence-corrected chi connectivity index (χ2v) is 6.60. The molecule has 0 aliphatic heterocycles. The molecular formula is C20H25N5. The summed E-state index contributed by atoms with van der Waals surface area (Å²) >= 11 is 0. The van der Waals surface area contributed by atoms with Gasteiger partial charge in [0, 0.05) is 23.5 Å². The molecule has 5 nitrogen and oxygen atoms in total. The maximum Gasteiger partial charge on any atom is 0.220 e. The summed E-state index contributed by atoms with van der Waals surface area (Å²) in [5.74, 6) is 0.333. The lowest BCUT2D eigenvalue weighted by Crippen LogP contribution is -2.06. The molecule has 0 fully saturated rings. The first-order valence-corrected chi connectivity index (χ1v) is 8.65. The molecule has 0 aliphatic carbocycles. The van der Waals surface area contributed by atoms with Crippen LogP contribution in [0.1, 0.15) is 34.6 Å². The van der Waals surface area contributed by atoms with Gasteiger partial charge in [-0.15, -0.1) is 0 Å². The van der Waals surface area contributed by atoms with Crippen molar-refractivity contribution in [3.8, 4) is 11.3 Å². The predicted octanol–water partition coefficient (Wildman–Crippen LogP) is 3.79. The SMILES string of the molecule is Cc1cc(C)n(CCCc2cc(-c3cccc(C)c3C)nc(N)n2)n1. The van der Waals surface area contributed by atoms with Gasteiger partial charge in [-0.1, -0.05) is 18.2 Å². The molecule has 0 radical (unpaired) electrons. The third-order valence-electron chi connectivity index (χ3n) is 4.58. The first-order chi connectivity index (χ1) is 11.9. The molecule has 0 amide bonds. The molecule has 25 heavy (non-hydrogen) atoms. The molecule has 0 bridgehead atoms. The summed E-state index contributed by atoms with van der Waals surface area (Å²) < 4.78 is 2.05. The van der Waals surface area contributed by atoms with E-state index in [1.165, 1.54) is 16.8 Å². The molecule has 2 heterocycles. The molecule has 0 unspecified atom stereocenters. The summed E-state index contributed by atoms with van der Waals surface area (Å²) in [4.78, 5) is 8.85. The van der Waals surface area contributed by atoms with E-state index in [2.05, 4.69) is 66.2 Å². The van der Waals surface area contributed by atoms with Crippen LogP contribution in [-0.2, 0) is 13.0 Å². The average Bonchev–Trinajstić information content (AvgIpc) is 2.87. The van der Waals surface area contributed by atoms with Crippen molar-refractivity contribution in [3.63, 3.8) is 0 Å². The summed E-state index contributed by atoms with van der Waals surface area (Å²) in [5.41, 5.74) is 13.7. The van der Waals surface area contributed by atoms with Gasteiger partial charge in [0.15, 0.2) is 0 Å². The Morgan fingerprint density at radius 1 is 1.04 bits per heavy atom. The van der Waals surface area contributed by atoms with Gasteiger partial charge >= 0.3 is 0 Å². The molecule has 3 aromatic rings. The van der Waals surface area contributed by atoms with E-state index in [-0.39, 0.29) is 0 Å². The molecule has 0 aliphatic rings. The van der Waals surface area contributed by atoms with Crippen LogP contribution < -0.4 is 5.73 Å². The van der Waals surface area contributed by atoms with E-state index >= 15 is 0 Å². The minimum atomic E-state index is 0.333. The fraction of sp³-hybridized carbons (Fsp3) is 0.350. The molecule has 130 valence electrons. The molecule has 0 atom stereocenters. The highest BCUT2D eigenvalue weighted by Crippen LogP contribution is 2.25. The van der Waals surface area contributed by atoms with Crippen LogP contribution in [0, 0.1) is 27.7 Å². The van der Waals surface area contributed by atoms with Crippen molar-refractivity contribution >= 4 is 5.95 Å². The van der Waals surface area contributed by atoms with Gasteiger partial charge in [-0.3, -0.25) is 4.68 Å². The van der Waals surface area contributed by atoms with Gasteiger partial charge in [0.25, 0.3) is 0 Å². The minimum Gasteiger partial charge on any atom is -0.368 e. The Morgan fingerprint density at radius 3 is 2.56 bits per heavy atom. The second kappa shape index (κ2) is 7.05. The van der Waals surface area contributed by atoms with Crippen molar-refractivity contribution in [1.82, 2.24) is 19.7 Å². The third kappa shape index (κ3) is 3.87. The molecular weight excluding hydrogens is 310 g/mol. The number of hydrogen-bond acceptors (Lipinski definition) is 4. The standard InChI is InChI=1S/C20H25N5/c1-13-7-5-9-18(16(13)4)19-12-17(22-20(21)23-19)8-6-10-25-15(3)11-14(2)24-25/h5,7,9,11-12H,6,8,10H2,1-4H3,(H2,21,22,23). The Kier molecular flexibility index (Phi) is 4.83. The van der Waals surface area contributed by atoms with E-state index in [1.54, 1.807) is 0 Å². The zero-order chi connectivity index (χ0) is 18.0. The van der Waals surface area contributed by atoms with Crippen molar-refractivity contribution in [1.29, 1.82) is 0 Å². The van der Waals surface area contributed by atoms with Crippen LogP contribution >= 0.6 is 0 Å². The number of hydrogen-bond donors (Lipinski definition) is 1. The number of aromatic nitrogens is 4. The van der Waals surface area contributed by atoms with Gasteiger partial charge in [0.1, 0.15) is 0 Å². The Bertz CT molecular complexity index is 895. The third-order valence-corrected chi connectivity index (χ3v) is 4.58. The van der Waals surface area contributed by atoms with Crippen molar-refractivity contribution in [2.75, 3.05) is 5.73 Å². The Hall–Kier alpha value is -2.69.